The van der Waals surface area contributed by atoms with Crippen LogP contribution >= 0.6 is 0 Å². The van der Waals surface area contributed by atoms with Crippen molar-refractivity contribution in [3.05, 3.63) is 65.7 Å². The highest BCUT2D eigenvalue weighted by atomic mass is 16.4. The van der Waals surface area contributed by atoms with Crippen LogP contribution in [0.2, 0.25) is 0 Å². The number of hydrogen-bond donors (Lipinski definition) is 1. The first-order chi connectivity index (χ1) is 10.7. The van der Waals surface area contributed by atoms with Gasteiger partial charge < -0.3 is 5.11 Å². The molecule has 0 fully saturated rings. The smallest absolute Gasteiger partial charge is 0.328 e. The van der Waals surface area contributed by atoms with Gasteiger partial charge in [-0.3, -0.25) is 0 Å². The third-order valence-electron chi connectivity index (χ3n) is 3.69. The minimum absolute atomic E-state index is 0.891. The minimum atomic E-state index is -0.928. The summed E-state index contributed by atoms with van der Waals surface area (Å²) in [6.45, 7) is 2.22. The Hall–Kier alpha value is -2.35. The molecule has 2 rings (SSSR count). The number of aryl methyl sites for hydroxylation is 1. The third kappa shape index (κ3) is 4.88. The fraction of sp³-hybridized carbons (Fsp3) is 0.250. The van der Waals surface area contributed by atoms with Crippen LogP contribution in [0.4, 0.5) is 0 Å². The largest absolute Gasteiger partial charge is 0.478 e. The van der Waals surface area contributed by atoms with Crippen LogP contribution in [0.15, 0.2) is 54.6 Å². The van der Waals surface area contributed by atoms with Crippen molar-refractivity contribution in [1.29, 1.82) is 0 Å². The fourth-order valence-electron chi connectivity index (χ4n) is 2.40. The first-order valence-electron chi connectivity index (χ1n) is 7.79. The lowest BCUT2D eigenvalue weighted by atomic mass is 10.0. The maximum absolute atomic E-state index is 10.5. The maximum Gasteiger partial charge on any atom is 0.328 e. The van der Waals surface area contributed by atoms with Gasteiger partial charge in [0.15, 0.2) is 0 Å². The van der Waals surface area contributed by atoms with Gasteiger partial charge in [0.2, 0.25) is 0 Å². The van der Waals surface area contributed by atoms with E-state index >= 15 is 0 Å². The predicted octanol–water partition coefficient (Wildman–Crippen LogP) is 5.18. The molecule has 2 heteroatoms. The second-order valence-corrected chi connectivity index (χ2v) is 5.45. The summed E-state index contributed by atoms with van der Waals surface area (Å²) in [7, 11) is 0. The lowest BCUT2D eigenvalue weighted by molar-refractivity contribution is -0.131. The Balaban J connectivity index is 2.03. The highest BCUT2D eigenvalue weighted by Crippen LogP contribution is 2.21. The summed E-state index contributed by atoms with van der Waals surface area (Å²) < 4.78 is 0. The summed E-state index contributed by atoms with van der Waals surface area (Å²) in [6, 6.07) is 16.6. The van der Waals surface area contributed by atoms with E-state index in [0.717, 1.165) is 23.6 Å². The van der Waals surface area contributed by atoms with Crippen LogP contribution in [0.1, 0.15) is 37.3 Å². The van der Waals surface area contributed by atoms with Gasteiger partial charge in [-0.05, 0) is 41.2 Å². The van der Waals surface area contributed by atoms with Gasteiger partial charge >= 0.3 is 5.97 Å². The Labute approximate surface area is 132 Å². The number of unbranched alkanes of at least 4 members (excludes halogenated alkanes) is 2. The summed E-state index contributed by atoms with van der Waals surface area (Å²) >= 11 is 0. The molecule has 0 saturated heterocycles. The number of hydrogen-bond acceptors (Lipinski definition) is 1. The molecule has 0 unspecified atom stereocenters. The molecule has 22 heavy (non-hydrogen) atoms. The zero-order valence-electron chi connectivity index (χ0n) is 13.0. The van der Waals surface area contributed by atoms with E-state index in [-0.39, 0.29) is 0 Å². The van der Waals surface area contributed by atoms with Crippen LogP contribution in [-0.4, -0.2) is 11.1 Å². The molecule has 0 bridgehead atoms. The molecule has 0 amide bonds. The lowest BCUT2D eigenvalue weighted by Gasteiger charge is -2.05. The van der Waals surface area contributed by atoms with Crippen LogP contribution < -0.4 is 0 Å². The lowest BCUT2D eigenvalue weighted by Crippen LogP contribution is -1.87. The third-order valence-corrected chi connectivity index (χ3v) is 3.69. The number of carbonyl (C=O) groups is 1. The van der Waals surface area contributed by atoms with E-state index in [1.807, 2.05) is 24.3 Å². The van der Waals surface area contributed by atoms with E-state index in [2.05, 4.69) is 31.2 Å². The quantitative estimate of drug-likeness (QED) is 0.564. The second kappa shape index (κ2) is 8.18. The summed E-state index contributed by atoms with van der Waals surface area (Å²) in [6.07, 6.45) is 7.68. The van der Waals surface area contributed by atoms with Gasteiger partial charge in [-0.25, -0.2) is 4.79 Å². The Morgan fingerprint density at radius 3 is 2.09 bits per heavy atom. The monoisotopic (exact) mass is 294 g/mol. The molecule has 0 aliphatic rings. The molecule has 0 spiro atoms. The van der Waals surface area contributed by atoms with Crippen molar-refractivity contribution >= 4 is 12.0 Å². The topological polar surface area (TPSA) is 37.3 Å². The van der Waals surface area contributed by atoms with E-state index in [1.165, 1.54) is 30.4 Å². The number of benzene rings is 2. The van der Waals surface area contributed by atoms with Gasteiger partial charge in [-0.15, -0.1) is 0 Å². The predicted molar refractivity (Wildman–Crippen MR) is 91.8 cm³/mol. The van der Waals surface area contributed by atoms with Crippen molar-refractivity contribution in [3.8, 4) is 11.1 Å². The standard InChI is InChI=1S/C20H22O2/c1-2-3-4-5-16-6-11-18(12-7-16)19-13-8-17(9-14-19)10-15-20(21)22/h6-15H,2-5H2,1H3,(H,21,22). The number of carboxylic acid groups (broad SMARTS) is 1. The first kappa shape index (κ1) is 16.0. The Morgan fingerprint density at radius 1 is 0.955 bits per heavy atom. The number of rotatable bonds is 7. The van der Waals surface area contributed by atoms with Crippen molar-refractivity contribution in [2.24, 2.45) is 0 Å². The molecular weight excluding hydrogens is 272 g/mol. The van der Waals surface area contributed by atoms with Crippen LogP contribution in [0, 0.1) is 0 Å². The normalized spacial score (nSPS) is 11.0. The highest BCUT2D eigenvalue weighted by molar-refractivity contribution is 5.85. The van der Waals surface area contributed by atoms with E-state index in [1.54, 1.807) is 6.08 Å². The van der Waals surface area contributed by atoms with E-state index in [9.17, 15) is 4.79 Å². The SMILES string of the molecule is CCCCCc1ccc(-c2ccc(C=CC(=O)O)cc2)cc1. The molecule has 2 aromatic carbocycles. The van der Waals surface area contributed by atoms with E-state index in [0.29, 0.717) is 0 Å². The first-order valence-corrected chi connectivity index (χ1v) is 7.79. The molecule has 0 heterocycles. The van der Waals surface area contributed by atoms with Gasteiger partial charge in [-0.1, -0.05) is 68.3 Å². The highest BCUT2D eigenvalue weighted by Gasteiger charge is 1.99. The van der Waals surface area contributed by atoms with Crippen molar-refractivity contribution in [2.75, 3.05) is 0 Å². The van der Waals surface area contributed by atoms with Crippen molar-refractivity contribution in [3.63, 3.8) is 0 Å². The summed E-state index contributed by atoms with van der Waals surface area (Å²) in [4.78, 5) is 10.5. The average Bonchev–Trinajstić information content (AvgIpc) is 2.54. The second-order valence-electron chi connectivity index (χ2n) is 5.45. The van der Waals surface area contributed by atoms with Gasteiger partial charge in [-0.2, -0.15) is 0 Å². The average molecular weight is 294 g/mol. The molecule has 1 N–H and O–H groups in total. The molecule has 2 nitrogen and oxygen atoms in total. The number of carboxylic acids is 1. The Morgan fingerprint density at radius 2 is 1.55 bits per heavy atom. The number of aliphatic carboxylic acids is 1. The molecule has 0 aliphatic carbocycles. The van der Waals surface area contributed by atoms with Gasteiger partial charge in [0.25, 0.3) is 0 Å². The Bertz CT molecular complexity index is 622. The van der Waals surface area contributed by atoms with Crippen LogP contribution in [0.25, 0.3) is 17.2 Å². The van der Waals surface area contributed by atoms with Gasteiger partial charge in [0.05, 0.1) is 0 Å². The molecule has 0 aliphatic heterocycles. The molecule has 0 atom stereocenters. The van der Waals surface area contributed by atoms with Crippen LogP contribution in [0.5, 0.6) is 0 Å². The summed E-state index contributed by atoms with van der Waals surface area (Å²) in [5.74, 6) is -0.928. The molecule has 114 valence electrons. The van der Waals surface area contributed by atoms with Crippen LogP contribution in [0.3, 0.4) is 0 Å². The zero-order chi connectivity index (χ0) is 15.8. The van der Waals surface area contributed by atoms with E-state index < -0.39 is 5.97 Å². The summed E-state index contributed by atoms with van der Waals surface area (Å²) in [5.41, 5.74) is 4.61. The fourth-order valence-corrected chi connectivity index (χ4v) is 2.40. The summed E-state index contributed by atoms with van der Waals surface area (Å²) in [5, 5.41) is 8.62. The van der Waals surface area contributed by atoms with E-state index in [4.69, 9.17) is 5.11 Å². The molecular formula is C20H22O2. The van der Waals surface area contributed by atoms with Gasteiger partial charge in [0.1, 0.15) is 0 Å². The van der Waals surface area contributed by atoms with Crippen molar-refractivity contribution in [2.45, 2.75) is 32.6 Å². The molecule has 0 radical (unpaired) electrons. The Kier molecular flexibility index (Phi) is 5.96. The van der Waals surface area contributed by atoms with Crippen LogP contribution in [-0.2, 0) is 11.2 Å². The molecule has 0 aromatic heterocycles. The molecule has 2 aromatic rings. The minimum Gasteiger partial charge on any atom is -0.478 e. The molecule has 0 saturated carbocycles. The zero-order valence-corrected chi connectivity index (χ0v) is 13.0. The van der Waals surface area contributed by atoms with Crippen molar-refractivity contribution in [1.82, 2.24) is 0 Å². The van der Waals surface area contributed by atoms with Gasteiger partial charge in [0, 0.05) is 6.08 Å². The maximum atomic E-state index is 10.5. The van der Waals surface area contributed by atoms with Crippen molar-refractivity contribution < 1.29 is 9.90 Å².